The first kappa shape index (κ1) is 19.4. The number of fused-ring (bicyclic) bond motifs is 3. The van der Waals surface area contributed by atoms with E-state index in [9.17, 15) is 4.39 Å². The van der Waals surface area contributed by atoms with E-state index in [0.717, 1.165) is 30.6 Å². The quantitative estimate of drug-likeness (QED) is 0.600. The molecule has 4 rings (SSSR count). The molecule has 150 valence electrons. The first-order chi connectivity index (χ1) is 13.1. The van der Waals surface area contributed by atoms with Gasteiger partial charge < -0.3 is 9.47 Å². The van der Waals surface area contributed by atoms with Crippen LogP contribution in [0.25, 0.3) is 0 Å². The second-order valence-corrected chi connectivity index (χ2v) is 9.90. The third kappa shape index (κ3) is 3.69. The molecule has 1 fully saturated rings. The summed E-state index contributed by atoms with van der Waals surface area (Å²) in [5, 5.41) is 0. The lowest BCUT2D eigenvalue weighted by Crippen LogP contribution is -2.48. The van der Waals surface area contributed by atoms with Crippen molar-refractivity contribution in [2.45, 2.75) is 77.1 Å². The molecule has 1 saturated heterocycles. The van der Waals surface area contributed by atoms with Crippen LogP contribution in [0.3, 0.4) is 0 Å². The van der Waals surface area contributed by atoms with E-state index in [-0.39, 0.29) is 29.0 Å². The Morgan fingerprint density at radius 3 is 2.43 bits per heavy atom. The molecule has 3 heteroatoms. The van der Waals surface area contributed by atoms with Gasteiger partial charge in [0.1, 0.15) is 17.2 Å². The fourth-order valence-corrected chi connectivity index (χ4v) is 4.61. The van der Waals surface area contributed by atoms with Gasteiger partial charge in [0.25, 0.3) is 0 Å². The molecule has 0 aliphatic carbocycles. The van der Waals surface area contributed by atoms with E-state index in [2.05, 4.69) is 52.8 Å². The highest BCUT2D eigenvalue weighted by molar-refractivity contribution is 5.44. The molecule has 2 aromatic rings. The van der Waals surface area contributed by atoms with Crippen molar-refractivity contribution < 1.29 is 13.9 Å². The van der Waals surface area contributed by atoms with Gasteiger partial charge in [-0.05, 0) is 67.9 Å². The van der Waals surface area contributed by atoms with Gasteiger partial charge >= 0.3 is 0 Å². The molecule has 0 saturated carbocycles. The monoisotopic (exact) mass is 382 g/mol. The molecule has 0 spiro atoms. The first-order valence-corrected chi connectivity index (χ1v) is 10.4. The maximum Gasteiger partial charge on any atom is 0.126 e. The molecule has 2 aliphatic heterocycles. The first-order valence-electron chi connectivity index (χ1n) is 10.4. The van der Waals surface area contributed by atoms with Crippen molar-refractivity contribution in [1.29, 1.82) is 0 Å². The van der Waals surface area contributed by atoms with Crippen molar-refractivity contribution in [3.05, 3.63) is 65.0 Å². The van der Waals surface area contributed by atoms with Crippen LogP contribution in [0.4, 0.5) is 4.39 Å². The second-order valence-electron chi connectivity index (χ2n) is 9.90. The molecule has 0 aromatic heterocycles. The molecule has 0 bridgehead atoms. The van der Waals surface area contributed by atoms with Crippen LogP contribution in [0.5, 0.6) is 5.75 Å². The summed E-state index contributed by atoms with van der Waals surface area (Å²) in [4.78, 5) is 0. The summed E-state index contributed by atoms with van der Waals surface area (Å²) in [5.74, 6) is 1.11. The molecule has 3 atom stereocenters. The highest BCUT2D eigenvalue weighted by Gasteiger charge is 2.47. The van der Waals surface area contributed by atoms with Gasteiger partial charge in [0.2, 0.25) is 0 Å². The van der Waals surface area contributed by atoms with Gasteiger partial charge in [0.15, 0.2) is 0 Å². The summed E-state index contributed by atoms with van der Waals surface area (Å²) >= 11 is 0. The third-order valence-electron chi connectivity index (χ3n) is 6.33. The molecule has 0 unspecified atom stereocenters. The summed E-state index contributed by atoms with van der Waals surface area (Å²) < 4.78 is 26.3. The summed E-state index contributed by atoms with van der Waals surface area (Å²) in [5.41, 5.74) is 3.40. The number of ether oxygens (including phenoxy) is 2. The fraction of sp³-hybridized carbons (Fsp3) is 0.520. The van der Waals surface area contributed by atoms with Crippen LogP contribution in [0, 0.1) is 11.7 Å². The summed E-state index contributed by atoms with van der Waals surface area (Å²) in [7, 11) is 0. The number of benzene rings is 2. The van der Waals surface area contributed by atoms with Crippen LogP contribution < -0.4 is 4.74 Å². The largest absolute Gasteiger partial charge is 0.487 e. The highest BCUT2D eigenvalue weighted by Crippen LogP contribution is 2.51. The predicted molar refractivity (Wildman–Crippen MR) is 110 cm³/mol. The van der Waals surface area contributed by atoms with Gasteiger partial charge in [0.05, 0.1) is 12.2 Å². The maximum atomic E-state index is 13.2. The molecule has 0 amide bonds. The van der Waals surface area contributed by atoms with Gasteiger partial charge in [-0.15, -0.1) is 0 Å². The average molecular weight is 383 g/mol. The van der Waals surface area contributed by atoms with Gasteiger partial charge in [-0.1, -0.05) is 45.0 Å². The Hall–Kier alpha value is -1.87. The second kappa shape index (κ2) is 6.88. The zero-order valence-electron chi connectivity index (χ0n) is 17.6. The van der Waals surface area contributed by atoms with Crippen LogP contribution in [-0.4, -0.2) is 11.7 Å². The van der Waals surface area contributed by atoms with Crippen LogP contribution in [-0.2, 0) is 16.6 Å². The summed E-state index contributed by atoms with van der Waals surface area (Å²) in [6.45, 7) is 11.0. The molecular formula is C25H31FO2. The van der Waals surface area contributed by atoms with Crippen LogP contribution >= 0.6 is 0 Å². The standard InChI is InChI=1S/C25H31FO2/c1-24(2,3)17-8-12-20-22(15-17)28-25(4,5)21-13-11-19(27-23(20)21)14-16-6-9-18(26)10-7-16/h6-10,12,15,19,21,23H,11,13-14H2,1-5H3/t19-,21+,23-/m1/s1. The van der Waals surface area contributed by atoms with Gasteiger partial charge in [-0.25, -0.2) is 4.39 Å². The Kier molecular flexibility index (Phi) is 4.78. The lowest BCUT2D eigenvalue weighted by molar-refractivity contribution is -0.149. The van der Waals surface area contributed by atoms with Crippen molar-refractivity contribution in [2.24, 2.45) is 5.92 Å². The molecule has 2 aliphatic rings. The Labute approximate surface area is 168 Å². The Morgan fingerprint density at radius 2 is 1.75 bits per heavy atom. The highest BCUT2D eigenvalue weighted by atomic mass is 19.1. The lowest BCUT2D eigenvalue weighted by Gasteiger charge is -2.49. The zero-order chi connectivity index (χ0) is 20.1. The smallest absolute Gasteiger partial charge is 0.126 e. The van der Waals surface area contributed by atoms with Crippen molar-refractivity contribution in [1.82, 2.24) is 0 Å². The van der Waals surface area contributed by atoms with Crippen LogP contribution in [0.2, 0.25) is 0 Å². The topological polar surface area (TPSA) is 18.5 Å². The summed E-state index contributed by atoms with van der Waals surface area (Å²) in [6, 6.07) is 13.4. The number of halogens is 1. The minimum absolute atomic E-state index is 0.0481. The molecular weight excluding hydrogens is 351 g/mol. The minimum Gasteiger partial charge on any atom is -0.487 e. The average Bonchev–Trinajstić information content (AvgIpc) is 2.62. The van der Waals surface area contributed by atoms with E-state index in [1.165, 1.54) is 23.3 Å². The van der Waals surface area contributed by atoms with Crippen molar-refractivity contribution >= 4 is 0 Å². The molecule has 2 nitrogen and oxygen atoms in total. The van der Waals surface area contributed by atoms with Crippen molar-refractivity contribution in [3.8, 4) is 5.75 Å². The number of hydrogen-bond acceptors (Lipinski definition) is 2. The Balaban J connectivity index is 1.61. The Morgan fingerprint density at radius 1 is 1.04 bits per heavy atom. The minimum atomic E-state index is -0.255. The fourth-order valence-electron chi connectivity index (χ4n) is 4.61. The van der Waals surface area contributed by atoms with Crippen LogP contribution in [0.1, 0.15) is 70.3 Å². The van der Waals surface area contributed by atoms with E-state index in [1.54, 1.807) is 0 Å². The normalized spacial score (nSPS) is 26.1. The van der Waals surface area contributed by atoms with E-state index in [0.29, 0.717) is 5.92 Å². The van der Waals surface area contributed by atoms with Crippen LogP contribution in [0.15, 0.2) is 42.5 Å². The molecule has 28 heavy (non-hydrogen) atoms. The van der Waals surface area contributed by atoms with Gasteiger partial charge in [-0.3, -0.25) is 0 Å². The third-order valence-corrected chi connectivity index (χ3v) is 6.33. The molecule has 0 N–H and O–H groups in total. The Bertz CT molecular complexity index is 848. The number of rotatable bonds is 2. The zero-order valence-corrected chi connectivity index (χ0v) is 17.6. The van der Waals surface area contributed by atoms with Crippen molar-refractivity contribution in [2.75, 3.05) is 0 Å². The van der Waals surface area contributed by atoms with Crippen molar-refractivity contribution in [3.63, 3.8) is 0 Å². The predicted octanol–water partition coefficient (Wildman–Crippen LogP) is 6.37. The number of hydrogen-bond donors (Lipinski definition) is 0. The van der Waals surface area contributed by atoms with Gasteiger partial charge in [-0.2, -0.15) is 0 Å². The van der Waals surface area contributed by atoms with E-state index < -0.39 is 0 Å². The lowest BCUT2D eigenvalue weighted by atomic mass is 9.74. The van der Waals surface area contributed by atoms with E-state index >= 15 is 0 Å². The van der Waals surface area contributed by atoms with E-state index in [1.807, 2.05) is 12.1 Å². The molecule has 0 radical (unpaired) electrons. The molecule has 2 heterocycles. The summed E-state index contributed by atoms with van der Waals surface area (Å²) in [6.07, 6.45) is 3.09. The molecule has 2 aromatic carbocycles. The van der Waals surface area contributed by atoms with Gasteiger partial charge in [0, 0.05) is 11.5 Å². The maximum absolute atomic E-state index is 13.2. The van der Waals surface area contributed by atoms with E-state index in [4.69, 9.17) is 9.47 Å². The SMILES string of the molecule is CC(C)(C)c1ccc2c(c1)OC(C)(C)[C@H]1CC[C@H](Cc3ccc(F)cc3)O[C@H]21.